The molecule has 0 saturated heterocycles. The van der Waals surface area contributed by atoms with Gasteiger partial charge in [-0.3, -0.25) is 0 Å². The number of carboxylic acid groups (broad SMARTS) is 1. The van der Waals surface area contributed by atoms with Crippen LogP contribution in [0.25, 0.3) is 0 Å². The van der Waals surface area contributed by atoms with Gasteiger partial charge in [0.2, 0.25) is 0 Å². The average molecular weight is 270 g/mol. The molecule has 0 aromatic heterocycles. The zero-order valence-corrected chi connectivity index (χ0v) is 10.5. The monoisotopic (exact) mass is 270 g/mol. The minimum atomic E-state index is -1.46. The Balaban J connectivity index is 2.75. The van der Waals surface area contributed by atoms with Gasteiger partial charge in [0, 0.05) is 0 Å². The van der Waals surface area contributed by atoms with Crippen LogP contribution in [-0.4, -0.2) is 34.4 Å². The molecule has 6 nitrogen and oxygen atoms in total. The molecule has 0 fully saturated rings. The highest BCUT2D eigenvalue weighted by Gasteiger charge is 2.25. The molecule has 2 atom stereocenters. The molecule has 19 heavy (non-hydrogen) atoms. The van der Waals surface area contributed by atoms with Gasteiger partial charge in [-0.2, -0.15) is 0 Å². The van der Waals surface area contributed by atoms with Gasteiger partial charge in [0.25, 0.3) is 0 Å². The number of amides is 2. The lowest BCUT2D eigenvalue weighted by Crippen LogP contribution is -2.49. The molecule has 0 aliphatic heterocycles. The van der Waals surface area contributed by atoms with Crippen LogP contribution in [0.5, 0.6) is 0 Å². The largest absolute Gasteiger partial charge is 0.480 e. The molecule has 0 radical (unpaired) electrons. The van der Waals surface area contributed by atoms with E-state index in [9.17, 15) is 19.1 Å². The van der Waals surface area contributed by atoms with Gasteiger partial charge in [-0.25, -0.2) is 14.0 Å². The van der Waals surface area contributed by atoms with E-state index < -0.39 is 30.0 Å². The Hall–Kier alpha value is -2.15. The molecule has 2 amide bonds. The van der Waals surface area contributed by atoms with Crippen molar-refractivity contribution in [3.63, 3.8) is 0 Å². The highest BCUT2D eigenvalue weighted by molar-refractivity contribution is 5.92. The molecule has 7 heteroatoms. The summed E-state index contributed by atoms with van der Waals surface area (Å²) in [5.74, 6) is -1.98. The number of aliphatic hydroxyl groups excluding tert-OH is 1. The van der Waals surface area contributed by atoms with E-state index >= 15 is 0 Å². The van der Waals surface area contributed by atoms with Gasteiger partial charge in [-0.1, -0.05) is 12.1 Å². The second-order valence-electron chi connectivity index (χ2n) is 4.09. The molecule has 1 aromatic carbocycles. The molecular formula is C12H15FN2O4. The van der Waals surface area contributed by atoms with Gasteiger partial charge < -0.3 is 20.8 Å². The summed E-state index contributed by atoms with van der Waals surface area (Å²) < 4.78 is 13.6. The Kier molecular flexibility index (Phi) is 4.82. The van der Waals surface area contributed by atoms with Crippen molar-refractivity contribution in [3.05, 3.63) is 29.6 Å². The Morgan fingerprint density at radius 3 is 2.53 bits per heavy atom. The number of carbonyl (C=O) groups is 2. The van der Waals surface area contributed by atoms with E-state index in [1.807, 2.05) is 5.32 Å². The molecular weight excluding hydrogens is 255 g/mol. The van der Waals surface area contributed by atoms with Gasteiger partial charge in [-0.15, -0.1) is 0 Å². The maximum Gasteiger partial charge on any atom is 0.328 e. The third-order valence-corrected chi connectivity index (χ3v) is 2.48. The van der Waals surface area contributed by atoms with Crippen LogP contribution >= 0.6 is 0 Å². The van der Waals surface area contributed by atoms with Crippen molar-refractivity contribution in [2.45, 2.75) is 26.0 Å². The van der Waals surface area contributed by atoms with Gasteiger partial charge in [0.05, 0.1) is 11.8 Å². The second kappa shape index (κ2) is 6.14. The SMILES string of the molecule is Cc1cccc(NC(=O)NC(C(=O)O)C(C)O)c1F. The van der Waals surface area contributed by atoms with Crippen molar-refractivity contribution >= 4 is 17.7 Å². The van der Waals surface area contributed by atoms with Crippen LogP contribution in [0.15, 0.2) is 18.2 Å². The number of aliphatic hydroxyl groups is 1. The van der Waals surface area contributed by atoms with E-state index in [1.165, 1.54) is 26.0 Å². The van der Waals surface area contributed by atoms with Crippen LogP contribution in [0, 0.1) is 12.7 Å². The topological polar surface area (TPSA) is 98.7 Å². The predicted molar refractivity (Wildman–Crippen MR) is 66.4 cm³/mol. The van der Waals surface area contributed by atoms with Crippen LogP contribution in [0.1, 0.15) is 12.5 Å². The Labute approximate surface area is 109 Å². The summed E-state index contributed by atoms with van der Waals surface area (Å²) in [7, 11) is 0. The second-order valence-corrected chi connectivity index (χ2v) is 4.09. The molecule has 0 spiro atoms. The minimum absolute atomic E-state index is 0.0627. The van der Waals surface area contributed by atoms with Crippen LogP contribution in [0.3, 0.4) is 0 Å². The number of hydrogen-bond acceptors (Lipinski definition) is 3. The molecule has 0 aliphatic carbocycles. The normalized spacial score (nSPS) is 13.5. The fourth-order valence-corrected chi connectivity index (χ4v) is 1.43. The Bertz CT molecular complexity index is 491. The molecule has 4 N–H and O–H groups in total. The summed E-state index contributed by atoms with van der Waals surface area (Å²) in [6.45, 7) is 2.76. The minimum Gasteiger partial charge on any atom is -0.480 e. The molecule has 0 saturated carbocycles. The van der Waals surface area contributed by atoms with E-state index in [2.05, 4.69) is 5.32 Å². The lowest BCUT2D eigenvalue weighted by molar-refractivity contribution is -0.141. The number of anilines is 1. The van der Waals surface area contributed by atoms with E-state index in [-0.39, 0.29) is 5.69 Å². The fraction of sp³-hybridized carbons (Fsp3) is 0.333. The first-order valence-electron chi connectivity index (χ1n) is 5.56. The van der Waals surface area contributed by atoms with Crippen molar-refractivity contribution in [3.8, 4) is 0 Å². The number of benzene rings is 1. The predicted octanol–water partition coefficient (Wildman–Crippen LogP) is 1.09. The van der Waals surface area contributed by atoms with Crippen LogP contribution in [0.2, 0.25) is 0 Å². The molecule has 104 valence electrons. The number of carbonyl (C=O) groups excluding carboxylic acids is 1. The summed E-state index contributed by atoms with van der Waals surface area (Å²) in [5.41, 5.74) is 0.287. The van der Waals surface area contributed by atoms with Gasteiger partial charge in [0.1, 0.15) is 5.82 Å². The van der Waals surface area contributed by atoms with Crippen molar-refractivity contribution in [1.82, 2.24) is 5.32 Å². The van der Waals surface area contributed by atoms with Crippen molar-refractivity contribution in [2.75, 3.05) is 5.32 Å². The van der Waals surface area contributed by atoms with E-state index in [0.717, 1.165) is 0 Å². The third kappa shape index (κ3) is 3.92. The number of urea groups is 1. The number of aryl methyl sites for hydroxylation is 1. The highest BCUT2D eigenvalue weighted by Crippen LogP contribution is 2.16. The zero-order chi connectivity index (χ0) is 14.6. The van der Waals surface area contributed by atoms with Gasteiger partial charge in [-0.05, 0) is 25.5 Å². The van der Waals surface area contributed by atoms with Crippen LogP contribution in [0.4, 0.5) is 14.9 Å². The fourth-order valence-electron chi connectivity index (χ4n) is 1.43. The number of aliphatic carboxylic acids is 1. The standard InChI is InChI=1S/C12H15FN2O4/c1-6-4-3-5-8(9(6)13)14-12(19)15-10(7(2)16)11(17)18/h3-5,7,10,16H,1-2H3,(H,17,18)(H2,14,15,19). The number of rotatable bonds is 4. The maximum atomic E-state index is 13.6. The average Bonchev–Trinajstić information content (AvgIpc) is 2.31. The summed E-state index contributed by atoms with van der Waals surface area (Å²) in [6, 6.07) is 2.07. The number of halogens is 1. The smallest absolute Gasteiger partial charge is 0.328 e. The highest BCUT2D eigenvalue weighted by atomic mass is 19.1. The molecule has 0 heterocycles. The van der Waals surface area contributed by atoms with E-state index in [0.29, 0.717) is 5.56 Å². The summed E-state index contributed by atoms with van der Waals surface area (Å²) in [6.07, 6.45) is -1.27. The first-order valence-corrected chi connectivity index (χ1v) is 5.56. The van der Waals surface area contributed by atoms with Gasteiger partial charge >= 0.3 is 12.0 Å². The summed E-state index contributed by atoms with van der Waals surface area (Å²) >= 11 is 0. The molecule has 0 bridgehead atoms. The summed E-state index contributed by atoms with van der Waals surface area (Å²) in [5, 5.41) is 22.2. The lowest BCUT2D eigenvalue weighted by Gasteiger charge is -2.17. The molecule has 1 aromatic rings. The third-order valence-electron chi connectivity index (χ3n) is 2.48. The Morgan fingerprint density at radius 1 is 1.37 bits per heavy atom. The van der Waals surface area contributed by atoms with E-state index in [1.54, 1.807) is 6.07 Å². The summed E-state index contributed by atoms with van der Waals surface area (Å²) in [4.78, 5) is 22.3. The van der Waals surface area contributed by atoms with Crippen molar-refractivity contribution in [1.29, 1.82) is 0 Å². The quantitative estimate of drug-likeness (QED) is 0.658. The number of carboxylic acids is 1. The first kappa shape index (κ1) is 14.9. The zero-order valence-electron chi connectivity index (χ0n) is 10.5. The van der Waals surface area contributed by atoms with Crippen LogP contribution in [-0.2, 0) is 4.79 Å². The molecule has 1 rings (SSSR count). The molecule has 2 unspecified atom stereocenters. The van der Waals surface area contributed by atoms with Crippen LogP contribution < -0.4 is 10.6 Å². The van der Waals surface area contributed by atoms with Crippen molar-refractivity contribution in [2.24, 2.45) is 0 Å². The number of nitrogens with one attached hydrogen (secondary N) is 2. The van der Waals surface area contributed by atoms with Gasteiger partial charge in [0.15, 0.2) is 6.04 Å². The number of hydrogen-bond donors (Lipinski definition) is 4. The van der Waals surface area contributed by atoms with Crippen molar-refractivity contribution < 1.29 is 24.2 Å². The molecule has 0 aliphatic rings. The van der Waals surface area contributed by atoms with E-state index in [4.69, 9.17) is 5.11 Å². The maximum absolute atomic E-state index is 13.6. The lowest BCUT2D eigenvalue weighted by atomic mass is 10.2. The Morgan fingerprint density at radius 2 is 2.00 bits per heavy atom. The first-order chi connectivity index (χ1) is 8.82.